The highest BCUT2D eigenvalue weighted by atomic mass is 31.2. The first-order valence-corrected chi connectivity index (χ1v) is 8.74. The SMILES string of the molecule is CP(O)C(C)(Cc1cccnc1)P(C)(=O)O. The minimum Gasteiger partial charge on any atom is -0.373 e. The Bertz CT molecular complexity index is 390. The van der Waals surface area contributed by atoms with Crippen molar-refractivity contribution in [1.82, 2.24) is 4.98 Å². The van der Waals surface area contributed by atoms with E-state index in [0.29, 0.717) is 6.42 Å². The average Bonchev–Trinajstić information content (AvgIpc) is 2.17. The molecule has 1 aromatic heterocycles. The molecule has 1 aromatic rings. The summed E-state index contributed by atoms with van der Waals surface area (Å²) < 4.78 is 11.9. The zero-order valence-corrected chi connectivity index (χ0v) is 11.4. The average molecular weight is 261 g/mol. The molecule has 0 aliphatic carbocycles. The summed E-state index contributed by atoms with van der Waals surface area (Å²) in [5.74, 6) is 0. The lowest BCUT2D eigenvalue weighted by Gasteiger charge is -2.34. The van der Waals surface area contributed by atoms with Crippen LogP contribution in [0.25, 0.3) is 0 Å². The fourth-order valence-electron chi connectivity index (χ4n) is 1.42. The van der Waals surface area contributed by atoms with Gasteiger partial charge in [0.25, 0.3) is 0 Å². The number of nitrogens with zero attached hydrogens (tertiary/aromatic N) is 1. The van der Waals surface area contributed by atoms with Crippen molar-refractivity contribution in [2.24, 2.45) is 0 Å². The smallest absolute Gasteiger partial charge is 0.210 e. The van der Waals surface area contributed by atoms with Crippen molar-refractivity contribution in [3.63, 3.8) is 0 Å². The van der Waals surface area contributed by atoms with Gasteiger partial charge in [-0.3, -0.25) is 9.55 Å². The molecule has 0 spiro atoms. The van der Waals surface area contributed by atoms with E-state index in [1.807, 2.05) is 6.07 Å². The van der Waals surface area contributed by atoms with E-state index >= 15 is 0 Å². The molecular formula is C10H17NO3P2. The van der Waals surface area contributed by atoms with E-state index in [0.717, 1.165) is 5.56 Å². The predicted molar refractivity (Wildman–Crippen MR) is 67.2 cm³/mol. The van der Waals surface area contributed by atoms with Gasteiger partial charge in [-0.05, 0) is 31.6 Å². The molecule has 0 amide bonds. The summed E-state index contributed by atoms with van der Waals surface area (Å²) in [6.45, 7) is 4.57. The van der Waals surface area contributed by atoms with Crippen molar-refractivity contribution in [1.29, 1.82) is 0 Å². The Labute approximate surface area is 97.0 Å². The molecule has 2 N–H and O–H groups in total. The minimum absolute atomic E-state index is 0.365. The molecule has 3 atom stereocenters. The third kappa shape index (κ3) is 2.89. The number of pyridine rings is 1. The monoisotopic (exact) mass is 261 g/mol. The number of hydrogen-bond donors (Lipinski definition) is 2. The van der Waals surface area contributed by atoms with Crippen LogP contribution in [0, 0.1) is 0 Å². The van der Waals surface area contributed by atoms with Gasteiger partial charge < -0.3 is 9.79 Å². The standard InChI is InChI=1S/C10H17NO3P2/c1-10(15(2)12,16(3,13)14)7-9-5-4-6-11-8-9/h4-6,8,12H,7H2,1-3H3,(H,13,14). The van der Waals surface area contributed by atoms with E-state index in [-0.39, 0.29) is 0 Å². The van der Waals surface area contributed by atoms with Crippen LogP contribution < -0.4 is 0 Å². The second-order valence-electron chi connectivity index (χ2n) is 4.16. The fraction of sp³-hybridized carbons (Fsp3) is 0.500. The Balaban J connectivity index is 3.03. The van der Waals surface area contributed by atoms with E-state index in [1.165, 1.54) is 6.66 Å². The molecule has 0 aliphatic heterocycles. The van der Waals surface area contributed by atoms with Gasteiger partial charge in [-0.1, -0.05) is 6.07 Å². The van der Waals surface area contributed by atoms with Crippen LogP contribution in [-0.4, -0.2) is 33.0 Å². The quantitative estimate of drug-likeness (QED) is 0.815. The largest absolute Gasteiger partial charge is 0.373 e. The van der Waals surface area contributed by atoms with Crippen LogP contribution in [0.4, 0.5) is 0 Å². The molecule has 0 saturated carbocycles. The Hall–Kier alpha value is -0.270. The zero-order chi connectivity index (χ0) is 12.4. The van der Waals surface area contributed by atoms with Crippen LogP contribution in [0.1, 0.15) is 12.5 Å². The van der Waals surface area contributed by atoms with Gasteiger partial charge in [-0.15, -0.1) is 0 Å². The molecule has 4 nitrogen and oxygen atoms in total. The molecular weight excluding hydrogens is 244 g/mol. The van der Waals surface area contributed by atoms with E-state index in [4.69, 9.17) is 0 Å². The molecule has 0 fully saturated rings. The highest BCUT2D eigenvalue weighted by Crippen LogP contribution is 2.66. The summed E-state index contributed by atoms with van der Waals surface area (Å²) >= 11 is 0. The van der Waals surface area contributed by atoms with Gasteiger partial charge in [-0.2, -0.15) is 0 Å². The first-order valence-electron chi connectivity index (χ1n) is 4.89. The van der Waals surface area contributed by atoms with Crippen molar-refractivity contribution in [2.75, 3.05) is 13.3 Å². The van der Waals surface area contributed by atoms with Gasteiger partial charge in [0.15, 0.2) is 0 Å². The summed E-state index contributed by atoms with van der Waals surface area (Å²) in [5.41, 5.74) is 0.865. The third-order valence-corrected chi connectivity index (χ3v) is 8.33. The Kier molecular flexibility index (Phi) is 4.25. The third-order valence-electron chi connectivity index (χ3n) is 2.85. The highest BCUT2D eigenvalue weighted by molar-refractivity contribution is 7.74. The van der Waals surface area contributed by atoms with Crippen molar-refractivity contribution in [2.45, 2.75) is 18.2 Å². The number of rotatable bonds is 4. The van der Waals surface area contributed by atoms with Crippen LogP contribution >= 0.6 is 15.5 Å². The van der Waals surface area contributed by atoms with Gasteiger partial charge >= 0.3 is 0 Å². The lowest BCUT2D eigenvalue weighted by atomic mass is 10.2. The predicted octanol–water partition coefficient (Wildman–Crippen LogP) is 2.26. The second-order valence-corrected chi connectivity index (χ2v) is 9.29. The van der Waals surface area contributed by atoms with E-state index in [9.17, 15) is 14.4 Å². The Morgan fingerprint density at radius 3 is 2.62 bits per heavy atom. The summed E-state index contributed by atoms with van der Waals surface area (Å²) in [6.07, 6.45) is 3.68. The maximum Gasteiger partial charge on any atom is 0.210 e. The summed E-state index contributed by atoms with van der Waals surface area (Å²) in [6, 6.07) is 3.63. The molecule has 0 bridgehead atoms. The molecule has 90 valence electrons. The maximum absolute atomic E-state index is 11.9. The van der Waals surface area contributed by atoms with E-state index in [2.05, 4.69) is 4.98 Å². The molecule has 0 saturated heterocycles. The van der Waals surface area contributed by atoms with E-state index in [1.54, 1.807) is 32.0 Å². The van der Waals surface area contributed by atoms with Gasteiger partial charge in [0.2, 0.25) is 7.37 Å². The second kappa shape index (κ2) is 4.93. The summed E-state index contributed by atoms with van der Waals surface area (Å²) in [4.78, 5) is 22.5. The van der Waals surface area contributed by atoms with Crippen molar-refractivity contribution >= 4 is 15.5 Å². The molecule has 1 heterocycles. The summed E-state index contributed by atoms with van der Waals surface area (Å²) in [7, 11) is -4.86. The van der Waals surface area contributed by atoms with Gasteiger partial charge in [0.05, 0.1) is 4.90 Å². The first kappa shape index (κ1) is 13.8. The van der Waals surface area contributed by atoms with Crippen LogP contribution in [0.2, 0.25) is 0 Å². The van der Waals surface area contributed by atoms with Gasteiger partial charge in [0, 0.05) is 27.2 Å². The number of hydrogen-bond acceptors (Lipinski definition) is 3. The molecule has 0 radical (unpaired) electrons. The zero-order valence-electron chi connectivity index (χ0n) is 9.66. The van der Waals surface area contributed by atoms with Crippen molar-refractivity contribution in [3.8, 4) is 0 Å². The molecule has 1 rings (SSSR count). The minimum atomic E-state index is -3.36. The Morgan fingerprint density at radius 1 is 1.62 bits per heavy atom. The van der Waals surface area contributed by atoms with E-state index < -0.39 is 20.4 Å². The molecule has 3 unspecified atom stereocenters. The van der Waals surface area contributed by atoms with Crippen LogP contribution in [0.3, 0.4) is 0 Å². The van der Waals surface area contributed by atoms with Gasteiger partial charge in [0.1, 0.15) is 0 Å². The number of aromatic nitrogens is 1. The first-order chi connectivity index (χ1) is 7.27. The van der Waals surface area contributed by atoms with Crippen LogP contribution in [0.5, 0.6) is 0 Å². The molecule has 0 aliphatic rings. The van der Waals surface area contributed by atoms with Crippen molar-refractivity contribution in [3.05, 3.63) is 30.1 Å². The van der Waals surface area contributed by atoms with Crippen molar-refractivity contribution < 1.29 is 14.4 Å². The molecule has 16 heavy (non-hydrogen) atoms. The van der Waals surface area contributed by atoms with Crippen LogP contribution in [-0.2, 0) is 11.0 Å². The highest BCUT2D eigenvalue weighted by Gasteiger charge is 2.44. The fourth-order valence-corrected chi connectivity index (χ4v) is 4.45. The summed E-state index contributed by atoms with van der Waals surface area (Å²) in [5, 5.41) is 0. The van der Waals surface area contributed by atoms with Gasteiger partial charge in [-0.25, -0.2) is 0 Å². The lowest BCUT2D eigenvalue weighted by Crippen LogP contribution is -2.25. The molecule has 6 heteroatoms. The normalized spacial score (nSPS) is 20.8. The topological polar surface area (TPSA) is 70.4 Å². The van der Waals surface area contributed by atoms with Crippen LogP contribution in [0.15, 0.2) is 24.5 Å². The maximum atomic E-state index is 11.9. The Morgan fingerprint density at radius 2 is 2.25 bits per heavy atom. The molecule has 0 aromatic carbocycles. The lowest BCUT2D eigenvalue weighted by molar-refractivity contribution is 0.457.